The molecule has 1 aliphatic heterocycles. The molecule has 10 N–H and O–H groups in total. The third kappa shape index (κ3) is 5.29. The number of aliphatic hydroxyl groups excluding tert-OH is 3. The Morgan fingerprint density at radius 1 is 0.795 bits per heavy atom. The van der Waals surface area contributed by atoms with E-state index in [1.807, 2.05) is 0 Å². The van der Waals surface area contributed by atoms with Gasteiger partial charge < -0.3 is 69.7 Å². The van der Waals surface area contributed by atoms with Crippen molar-refractivity contribution in [2.24, 2.45) is 0 Å². The maximum absolute atomic E-state index is 13.0. The van der Waals surface area contributed by atoms with E-state index in [4.69, 9.17) is 18.6 Å². The van der Waals surface area contributed by atoms with Crippen LogP contribution in [0, 0.1) is 0 Å². The Kier molecular flexibility index (Phi) is 7.75. The number of benzene rings is 3. The molecular formula is C28H24O16. The quantitative estimate of drug-likeness (QED) is 0.104. The zero-order valence-corrected chi connectivity index (χ0v) is 22.1. The van der Waals surface area contributed by atoms with Crippen molar-refractivity contribution in [1.82, 2.24) is 0 Å². The minimum atomic E-state index is -2.01. The Morgan fingerprint density at radius 3 is 2.11 bits per heavy atom. The molecule has 0 bridgehead atoms. The number of fused-ring (bicyclic) bond motifs is 1. The number of carbonyl (C=O) groups excluding carboxylic acids is 1. The first-order valence-electron chi connectivity index (χ1n) is 12.6. The second kappa shape index (κ2) is 11.3. The van der Waals surface area contributed by atoms with Crippen LogP contribution in [0.3, 0.4) is 0 Å². The Balaban J connectivity index is 1.51. The molecule has 1 fully saturated rings. The number of hydrogen-bond donors (Lipinski definition) is 10. The molecule has 1 aromatic heterocycles. The SMILES string of the molecule is O=C(O[C@H]1[C@H](Oc2c(O)cc3oc(-c4ccc(O)c(O)c4)cc(=O)c3c2O)O[C@H](CO)[C@@H](O)[C@@H]1O)c1cc(O)c(O)c(O)c1. The molecule has 4 aromatic rings. The summed E-state index contributed by atoms with van der Waals surface area (Å²) in [6.07, 6.45) is -9.29. The monoisotopic (exact) mass is 616 g/mol. The third-order valence-electron chi connectivity index (χ3n) is 6.79. The van der Waals surface area contributed by atoms with Crippen LogP contribution in [0.4, 0.5) is 0 Å². The molecule has 16 nitrogen and oxygen atoms in total. The largest absolute Gasteiger partial charge is 0.504 e. The van der Waals surface area contributed by atoms with Gasteiger partial charge in [0, 0.05) is 17.7 Å². The number of esters is 1. The molecule has 0 aliphatic carbocycles. The maximum atomic E-state index is 13.0. The van der Waals surface area contributed by atoms with Crippen molar-refractivity contribution in [3.05, 3.63) is 58.3 Å². The summed E-state index contributed by atoms with van der Waals surface area (Å²) in [5.74, 6) is -7.70. The average Bonchev–Trinajstić information content (AvgIpc) is 2.97. The number of ether oxygens (including phenoxy) is 3. The van der Waals surface area contributed by atoms with Crippen molar-refractivity contribution in [2.75, 3.05) is 6.61 Å². The van der Waals surface area contributed by atoms with Gasteiger partial charge >= 0.3 is 5.97 Å². The standard InChI is InChI=1S/C28H24O16/c29-8-19-22(37)24(39)26(43-27(40)10-4-14(33)21(36)15(34)5-10)28(42-19)44-25-16(35)7-18-20(23(25)38)13(32)6-17(41-18)9-1-2-11(30)12(31)3-9/h1-7,19,22,24,26,28-31,33-39H,8H2/t19-,22-,24+,26-,28+/m1/s1. The van der Waals surface area contributed by atoms with Crippen LogP contribution in [0.5, 0.6) is 46.0 Å². The fourth-order valence-electron chi connectivity index (χ4n) is 4.51. The molecule has 0 saturated carbocycles. The number of phenols is 7. The van der Waals surface area contributed by atoms with E-state index < -0.39 is 106 Å². The number of rotatable bonds is 6. The molecule has 5 atom stereocenters. The van der Waals surface area contributed by atoms with Gasteiger partial charge in [0.25, 0.3) is 0 Å². The third-order valence-corrected chi connectivity index (χ3v) is 6.79. The summed E-state index contributed by atoms with van der Waals surface area (Å²) in [4.78, 5) is 25.8. The van der Waals surface area contributed by atoms with Gasteiger partial charge in [0.05, 0.1) is 12.2 Å². The van der Waals surface area contributed by atoms with Gasteiger partial charge in [-0.3, -0.25) is 4.79 Å². The van der Waals surface area contributed by atoms with E-state index in [1.165, 1.54) is 6.07 Å². The molecule has 232 valence electrons. The molecule has 0 unspecified atom stereocenters. The molecule has 1 saturated heterocycles. The highest BCUT2D eigenvalue weighted by Crippen LogP contribution is 2.44. The lowest BCUT2D eigenvalue weighted by molar-refractivity contribution is -0.277. The van der Waals surface area contributed by atoms with Gasteiger partial charge in [-0.05, 0) is 30.3 Å². The van der Waals surface area contributed by atoms with Crippen molar-refractivity contribution in [2.45, 2.75) is 30.7 Å². The van der Waals surface area contributed by atoms with E-state index in [-0.39, 0.29) is 16.9 Å². The predicted octanol–water partition coefficient (Wildman–Crippen LogP) is 0.443. The number of aliphatic hydroxyl groups is 3. The maximum Gasteiger partial charge on any atom is 0.339 e. The van der Waals surface area contributed by atoms with Crippen LogP contribution in [0.25, 0.3) is 22.3 Å². The average molecular weight is 616 g/mol. The summed E-state index contributed by atoms with van der Waals surface area (Å²) in [5, 5.41) is 100. The van der Waals surface area contributed by atoms with E-state index in [0.29, 0.717) is 0 Å². The van der Waals surface area contributed by atoms with Crippen LogP contribution in [-0.4, -0.2) is 94.3 Å². The van der Waals surface area contributed by atoms with E-state index in [2.05, 4.69) is 0 Å². The molecule has 2 heterocycles. The molecule has 1 aliphatic rings. The summed E-state index contributed by atoms with van der Waals surface area (Å²) < 4.78 is 21.8. The molecule has 16 heteroatoms. The van der Waals surface area contributed by atoms with Crippen LogP contribution in [0.15, 0.2) is 51.7 Å². The van der Waals surface area contributed by atoms with Crippen LogP contribution >= 0.6 is 0 Å². The lowest BCUT2D eigenvalue weighted by atomic mass is 9.99. The molecule has 0 radical (unpaired) electrons. The van der Waals surface area contributed by atoms with Gasteiger partial charge in [0.2, 0.25) is 12.0 Å². The van der Waals surface area contributed by atoms with Crippen molar-refractivity contribution in [1.29, 1.82) is 0 Å². The van der Waals surface area contributed by atoms with Crippen molar-refractivity contribution < 1.29 is 74.5 Å². The normalized spacial score (nSPS) is 21.7. The zero-order chi connectivity index (χ0) is 32.0. The fraction of sp³-hybridized carbons (Fsp3) is 0.214. The van der Waals surface area contributed by atoms with Crippen LogP contribution < -0.4 is 10.2 Å². The number of carbonyl (C=O) groups is 1. The Morgan fingerprint density at radius 2 is 1.48 bits per heavy atom. The topological polar surface area (TPSA) is 277 Å². The molecular weight excluding hydrogens is 592 g/mol. The van der Waals surface area contributed by atoms with E-state index in [1.54, 1.807) is 0 Å². The first kappa shape index (κ1) is 30.1. The Bertz CT molecular complexity index is 1790. The number of phenolic OH excluding ortho intramolecular Hbond substituents is 7. The van der Waals surface area contributed by atoms with Crippen LogP contribution in [0.1, 0.15) is 10.4 Å². The smallest absolute Gasteiger partial charge is 0.339 e. The summed E-state index contributed by atoms with van der Waals surface area (Å²) >= 11 is 0. The van der Waals surface area contributed by atoms with Crippen LogP contribution in [-0.2, 0) is 9.47 Å². The van der Waals surface area contributed by atoms with Crippen molar-refractivity contribution in [3.63, 3.8) is 0 Å². The minimum Gasteiger partial charge on any atom is -0.504 e. The summed E-state index contributed by atoms with van der Waals surface area (Å²) in [6, 6.07) is 6.87. The van der Waals surface area contributed by atoms with Gasteiger partial charge in [-0.15, -0.1) is 0 Å². The second-order valence-electron chi connectivity index (χ2n) is 9.68. The minimum absolute atomic E-state index is 0.109. The van der Waals surface area contributed by atoms with Gasteiger partial charge in [-0.1, -0.05) is 0 Å². The van der Waals surface area contributed by atoms with E-state index in [0.717, 1.165) is 36.4 Å². The molecule has 44 heavy (non-hydrogen) atoms. The van der Waals surface area contributed by atoms with Gasteiger partial charge in [0.15, 0.2) is 51.8 Å². The fourth-order valence-corrected chi connectivity index (χ4v) is 4.51. The molecule has 3 aromatic carbocycles. The molecule has 0 amide bonds. The molecule has 5 rings (SSSR count). The summed E-state index contributed by atoms with van der Waals surface area (Å²) in [5.41, 5.74) is -1.55. The summed E-state index contributed by atoms with van der Waals surface area (Å²) in [7, 11) is 0. The van der Waals surface area contributed by atoms with Crippen LogP contribution in [0.2, 0.25) is 0 Å². The first-order chi connectivity index (χ1) is 20.8. The van der Waals surface area contributed by atoms with Gasteiger partial charge in [-0.25, -0.2) is 4.79 Å². The summed E-state index contributed by atoms with van der Waals surface area (Å²) in [6.45, 7) is -0.868. The van der Waals surface area contributed by atoms with Gasteiger partial charge in [-0.2, -0.15) is 0 Å². The van der Waals surface area contributed by atoms with Crippen molar-refractivity contribution >= 4 is 16.9 Å². The molecule has 0 spiro atoms. The zero-order valence-electron chi connectivity index (χ0n) is 22.1. The van der Waals surface area contributed by atoms with E-state index in [9.17, 15) is 60.7 Å². The Labute approximate surface area is 244 Å². The highest BCUT2D eigenvalue weighted by Gasteiger charge is 2.48. The second-order valence-corrected chi connectivity index (χ2v) is 9.68. The lowest BCUT2D eigenvalue weighted by Crippen LogP contribution is -2.61. The van der Waals surface area contributed by atoms with Crippen molar-refractivity contribution in [3.8, 4) is 57.3 Å². The predicted molar refractivity (Wildman–Crippen MR) is 144 cm³/mol. The lowest BCUT2D eigenvalue weighted by Gasteiger charge is -2.41. The first-order valence-corrected chi connectivity index (χ1v) is 12.6. The number of hydrogen-bond acceptors (Lipinski definition) is 16. The number of aromatic hydroxyl groups is 7. The van der Waals surface area contributed by atoms with E-state index >= 15 is 0 Å². The van der Waals surface area contributed by atoms with Gasteiger partial charge in [0.1, 0.15) is 35.0 Å². The Hall–Kier alpha value is -5.42. The highest BCUT2D eigenvalue weighted by atomic mass is 16.7. The highest BCUT2D eigenvalue weighted by molar-refractivity contribution is 5.91.